The van der Waals surface area contributed by atoms with Crippen molar-refractivity contribution in [2.45, 2.75) is 0 Å². The molecule has 0 unspecified atom stereocenters. The van der Waals surface area contributed by atoms with Crippen LogP contribution in [0.15, 0.2) is 75.3 Å². The first-order valence-electron chi connectivity index (χ1n) is 8.47. The first-order valence-corrected chi connectivity index (χ1v) is 10.1. The third kappa shape index (κ3) is 2.90. The molecule has 0 aliphatic heterocycles. The molecule has 3 aromatic carbocycles. The zero-order valence-corrected chi connectivity index (χ0v) is 16.6. The molecule has 0 saturated carbocycles. The molecule has 2 heterocycles. The largest absolute Gasteiger partial charge is 0.422 e. The Morgan fingerprint density at radius 3 is 2.61 bits per heavy atom. The minimum Gasteiger partial charge on any atom is -0.422 e. The fraction of sp³-hybridized carbons (Fsp3) is 0. The maximum atomic E-state index is 12.6. The van der Waals surface area contributed by atoms with E-state index in [9.17, 15) is 4.79 Å². The Hall–Kier alpha value is -2.66. The lowest BCUT2D eigenvalue weighted by Crippen LogP contribution is -2.02. The zero-order chi connectivity index (χ0) is 19.3. The Morgan fingerprint density at radius 1 is 0.893 bits per heavy atom. The van der Waals surface area contributed by atoms with E-state index in [1.165, 1.54) is 11.3 Å². The molecule has 0 saturated heterocycles. The Kier molecular flexibility index (Phi) is 4.20. The lowest BCUT2D eigenvalue weighted by molar-refractivity contribution is 0.564. The van der Waals surface area contributed by atoms with Gasteiger partial charge in [-0.25, -0.2) is 9.78 Å². The van der Waals surface area contributed by atoms with Crippen LogP contribution < -0.4 is 5.63 Å². The number of nitrogens with zero attached hydrogens (tertiary/aromatic N) is 1. The Morgan fingerprint density at radius 2 is 1.75 bits per heavy atom. The van der Waals surface area contributed by atoms with Gasteiger partial charge >= 0.3 is 5.63 Å². The number of hydrogen-bond donors (Lipinski definition) is 0. The second kappa shape index (κ2) is 6.74. The van der Waals surface area contributed by atoms with Gasteiger partial charge in [0.15, 0.2) is 0 Å². The van der Waals surface area contributed by atoms with E-state index in [1.807, 2.05) is 53.9 Å². The fourth-order valence-corrected chi connectivity index (χ4v) is 4.34. The predicted octanol–water partition coefficient (Wildman–Crippen LogP) is 7.04. The smallest absolute Gasteiger partial charge is 0.346 e. The van der Waals surface area contributed by atoms with E-state index in [0.29, 0.717) is 26.2 Å². The number of aromatic nitrogens is 1. The van der Waals surface area contributed by atoms with Crippen LogP contribution in [0, 0.1) is 0 Å². The second-order valence-corrected chi connectivity index (χ2v) is 7.99. The highest BCUT2D eigenvalue weighted by Crippen LogP contribution is 2.33. The highest BCUT2D eigenvalue weighted by Gasteiger charge is 2.14. The highest BCUT2D eigenvalue weighted by molar-refractivity contribution is 7.13. The predicted molar refractivity (Wildman–Crippen MR) is 117 cm³/mol. The van der Waals surface area contributed by atoms with Crippen LogP contribution in [0.2, 0.25) is 10.0 Å². The van der Waals surface area contributed by atoms with E-state index < -0.39 is 5.63 Å². The monoisotopic (exact) mass is 423 g/mol. The van der Waals surface area contributed by atoms with Crippen LogP contribution >= 0.6 is 34.5 Å². The molecular formula is C22H11Cl2NO2S. The van der Waals surface area contributed by atoms with Gasteiger partial charge in [0.1, 0.15) is 10.6 Å². The van der Waals surface area contributed by atoms with Crippen LogP contribution in [0.1, 0.15) is 0 Å². The van der Waals surface area contributed by atoms with E-state index in [-0.39, 0.29) is 0 Å². The molecule has 136 valence electrons. The minimum absolute atomic E-state index is 0.405. The average molecular weight is 424 g/mol. The van der Waals surface area contributed by atoms with E-state index in [2.05, 4.69) is 4.98 Å². The van der Waals surface area contributed by atoms with Crippen LogP contribution in [0.3, 0.4) is 0 Å². The van der Waals surface area contributed by atoms with Crippen molar-refractivity contribution in [3.8, 4) is 21.8 Å². The van der Waals surface area contributed by atoms with Crippen molar-refractivity contribution in [2.75, 3.05) is 0 Å². The van der Waals surface area contributed by atoms with Crippen LogP contribution in [-0.2, 0) is 0 Å². The normalized spacial score (nSPS) is 11.4. The SMILES string of the molecule is O=c1oc2ccc3ccccc3c2cc1-c1nc(-c2ccc(Cl)c(Cl)c2)cs1. The molecule has 0 fully saturated rings. The summed E-state index contributed by atoms with van der Waals surface area (Å²) >= 11 is 13.5. The number of halogens is 2. The minimum atomic E-state index is -0.405. The van der Waals surface area contributed by atoms with Gasteiger partial charge in [-0.3, -0.25) is 0 Å². The molecule has 0 radical (unpaired) electrons. The topological polar surface area (TPSA) is 43.1 Å². The van der Waals surface area contributed by atoms with Gasteiger partial charge < -0.3 is 4.42 Å². The first-order chi connectivity index (χ1) is 13.6. The molecular weight excluding hydrogens is 413 g/mol. The van der Waals surface area contributed by atoms with Crippen LogP contribution in [0.25, 0.3) is 43.6 Å². The third-order valence-electron chi connectivity index (χ3n) is 4.59. The maximum Gasteiger partial charge on any atom is 0.346 e. The summed E-state index contributed by atoms with van der Waals surface area (Å²) in [6, 6.07) is 19.0. The molecule has 0 aliphatic rings. The Labute approximate surface area is 173 Å². The van der Waals surface area contributed by atoms with E-state index in [4.69, 9.17) is 27.6 Å². The van der Waals surface area contributed by atoms with Gasteiger partial charge in [-0.1, -0.05) is 59.6 Å². The van der Waals surface area contributed by atoms with Crippen molar-refractivity contribution in [3.63, 3.8) is 0 Å². The number of rotatable bonds is 2. The van der Waals surface area contributed by atoms with E-state index in [1.54, 1.807) is 12.1 Å². The summed E-state index contributed by atoms with van der Waals surface area (Å²) < 4.78 is 5.58. The standard InChI is InChI=1S/C22H11Cl2NO2S/c23-17-7-5-13(9-18(17)24)19-11-28-21(25-19)16-10-15-14-4-2-1-3-12(14)6-8-20(15)27-22(16)26/h1-11H. The number of thiazole rings is 1. The van der Waals surface area contributed by atoms with Gasteiger partial charge in [-0.15, -0.1) is 11.3 Å². The third-order valence-corrected chi connectivity index (χ3v) is 6.21. The van der Waals surface area contributed by atoms with Crippen molar-refractivity contribution in [1.29, 1.82) is 0 Å². The molecule has 0 atom stereocenters. The quantitative estimate of drug-likeness (QED) is 0.225. The molecule has 0 bridgehead atoms. The molecule has 2 aromatic heterocycles. The fourth-order valence-electron chi connectivity index (χ4n) is 3.21. The van der Waals surface area contributed by atoms with Crippen molar-refractivity contribution in [3.05, 3.63) is 86.5 Å². The van der Waals surface area contributed by atoms with Gasteiger partial charge in [0, 0.05) is 16.3 Å². The van der Waals surface area contributed by atoms with Gasteiger partial charge in [-0.05, 0) is 35.0 Å². The molecule has 0 N–H and O–H groups in total. The van der Waals surface area contributed by atoms with Crippen LogP contribution in [-0.4, -0.2) is 4.98 Å². The number of hydrogen-bond acceptors (Lipinski definition) is 4. The lowest BCUT2D eigenvalue weighted by atomic mass is 10.0. The van der Waals surface area contributed by atoms with Gasteiger partial charge in [-0.2, -0.15) is 0 Å². The Bertz CT molecular complexity index is 1420. The van der Waals surface area contributed by atoms with Crippen molar-refractivity contribution >= 4 is 56.3 Å². The zero-order valence-electron chi connectivity index (χ0n) is 14.3. The molecule has 3 nitrogen and oxygen atoms in total. The van der Waals surface area contributed by atoms with Crippen molar-refractivity contribution < 1.29 is 4.42 Å². The highest BCUT2D eigenvalue weighted by atomic mass is 35.5. The van der Waals surface area contributed by atoms with Crippen molar-refractivity contribution in [1.82, 2.24) is 4.98 Å². The first kappa shape index (κ1) is 17.4. The maximum absolute atomic E-state index is 12.6. The Balaban J connectivity index is 1.68. The summed E-state index contributed by atoms with van der Waals surface area (Å²) in [7, 11) is 0. The number of fused-ring (bicyclic) bond motifs is 3. The summed E-state index contributed by atoms with van der Waals surface area (Å²) in [5.41, 5.74) is 2.18. The summed E-state index contributed by atoms with van der Waals surface area (Å²) in [4.78, 5) is 17.2. The molecule has 0 spiro atoms. The second-order valence-electron chi connectivity index (χ2n) is 6.31. The molecule has 5 rings (SSSR count). The summed E-state index contributed by atoms with van der Waals surface area (Å²) in [6.07, 6.45) is 0. The molecule has 5 aromatic rings. The molecule has 6 heteroatoms. The van der Waals surface area contributed by atoms with Crippen LogP contribution in [0.4, 0.5) is 0 Å². The molecule has 0 aliphatic carbocycles. The lowest BCUT2D eigenvalue weighted by Gasteiger charge is -2.04. The average Bonchev–Trinajstić information content (AvgIpc) is 3.19. The van der Waals surface area contributed by atoms with E-state index in [0.717, 1.165) is 27.4 Å². The van der Waals surface area contributed by atoms with Crippen LogP contribution in [0.5, 0.6) is 0 Å². The summed E-state index contributed by atoms with van der Waals surface area (Å²) in [5.74, 6) is 0. The van der Waals surface area contributed by atoms with Crippen molar-refractivity contribution in [2.24, 2.45) is 0 Å². The summed E-state index contributed by atoms with van der Waals surface area (Å²) in [6.45, 7) is 0. The van der Waals surface area contributed by atoms with Gasteiger partial charge in [0.25, 0.3) is 0 Å². The van der Waals surface area contributed by atoms with Gasteiger partial charge in [0.2, 0.25) is 0 Å². The number of benzene rings is 3. The molecule has 0 amide bonds. The van der Waals surface area contributed by atoms with E-state index >= 15 is 0 Å². The molecule has 28 heavy (non-hydrogen) atoms. The van der Waals surface area contributed by atoms with Gasteiger partial charge in [0.05, 0.1) is 21.3 Å². The summed E-state index contributed by atoms with van der Waals surface area (Å²) in [5, 5.41) is 6.45.